The van der Waals surface area contributed by atoms with Crippen LogP contribution in [0.2, 0.25) is 0 Å². The van der Waals surface area contributed by atoms with Gasteiger partial charge in [-0.3, -0.25) is 14.9 Å². The number of carbonyl (C=O) groups is 2. The highest BCUT2D eigenvalue weighted by atomic mass is 19.1. The summed E-state index contributed by atoms with van der Waals surface area (Å²) < 4.78 is 32.3. The van der Waals surface area contributed by atoms with Gasteiger partial charge < -0.3 is 4.74 Å². The molecule has 4 nitrogen and oxygen atoms in total. The van der Waals surface area contributed by atoms with Gasteiger partial charge in [0.1, 0.15) is 17.4 Å². The first-order valence-corrected chi connectivity index (χ1v) is 5.39. The maximum Gasteiger partial charge on any atom is 0.234 e. The monoisotopic (exact) mass is 255 g/mol. The molecule has 0 spiro atoms. The number of benzene rings is 1. The zero-order chi connectivity index (χ0) is 13.3. The normalized spacial score (nSPS) is 19.6. The fourth-order valence-electron chi connectivity index (χ4n) is 1.98. The van der Waals surface area contributed by atoms with Crippen LogP contribution in [0, 0.1) is 11.6 Å². The lowest BCUT2D eigenvalue weighted by Gasteiger charge is -2.22. The second kappa shape index (κ2) is 4.72. The second-order valence-corrected chi connectivity index (χ2v) is 4.01. The van der Waals surface area contributed by atoms with Gasteiger partial charge in [0, 0.05) is 24.1 Å². The lowest BCUT2D eigenvalue weighted by atomic mass is 9.89. The molecule has 1 aromatic carbocycles. The number of rotatable bonds is 2. The van der Waals surface area contributed by atoms with Crippen LogP contribution in [0.25, 0.3) is 0 Å². The highest BCUT2D eigenvalue weighted by Crippen LogP contribution is 2.31. The summed E-state index contributed by atoms with van der Waals surface area (Å²) in [7, 11) is 1.29. The molecule has 1 heterocycles. The van der Waals surface area contributed by atoms with Crippen molar-refractivity contribution in [1.29, 1.82) is 0 Å². The molecule has 1 N–H and O–H groups in total. The highest BCUT2D eigenvalue weighted by molar-refractivity contribution is 6.00. The molecule has 2 amide bonds. The molecule has 2 rings (SSSR count). The van der Waals surface area contributed by atoms with Crippen molar-refractivity contribution in [2.75, 3.05) is 7.11 Å². The third-order valence-electron chi connectivity index (χ3n) is 2.88. The van der Waals surface area contributed by atoms with E-state index in [1.54, 1.807) is 0 Å². The van der Waals surface area contributed by atoms with Crippen molar-refractivity contribution < 1.29 is 23.1 Å². The minimum Gasteiger partial charge on any atom is -0.497 e. The number of halogens is 2. The van der Waals surface area contributed by atoms with Crippen molar-refractivity contribution >= 4 is 11.8 Å². The molecule has 1 aliphatic heterocycles. The van der Waals surface area contributed by atoms with Crippen molar-refractivity contribution in [3.8, 4) is 5.75 Å². The first kappa shape index (κ1) is 12.5. The summed E-state index contributed by atoms with van der Waals surface area (Å²) in [5, 5.41) is 2.07. The van der Waals surface area contributed by atoms with Crippen molar-refractivity contribution in [2.45, 2.75) is 18.8 Å². The molecule has 0 unspecified atom stereocenters. The quantitative estimate of drug-likeness (QED) is 0.815. The van der Waals surface area contributed by atoms with Crippen molar-refractivity contribution in [1.82, 2.24) is 5.32 Å². The van der Waals surface area contributed by atoms with Gasteiger partial charge in [0.05, 0.1) is 13.0 Å². The van der Waals surface area contributed by atoms with E-state index in [2.05, 4.69) is 5.32 Å². The maximum atomic E-state index is 13.8. The van der Waals surface area contributed by atoms with Gasteiger partial charge in [-0.2, -0.15) is 0 Å². The van der Waals surface area contributed by atoms with Gasteiger partial charge in [0.25, 0.3) is 0 Å². The maximum absolute atomic E-state index is 13.8. The van der Waals surface area contributed by atoms with Crippen LogP contribution < -0.4 is 10.1 Å². The number of hydrogen-bond donors (Lipinski definition) is 1. The fourth-order valence-corrected chi connectivity index (χ4v) is 1.98. The van der Waals surface area contributed by atoms with E-state index in [4.69, 9.17) is 4.74 Å². The van der Waals surface area contributed by atoms with Crippen LogP contribution in [-0.4, -0.2) is 18.9 Å². The van der Waals surface area contributed by atoms with Gasteiger partial charge in [-0.1, -0.05) is 0 Å². The van der Waals surface area contributed by atoms with Gasteiger partial charge >= 0.3 is 0 Å². The molecule has 96 valence electrons. The van der Waals surface area contributed by atoms with E-state index in [-0.39, 0.29) is 24.2 Å². The van der Waals surface area contributed by atoms with E-state index in [0.717, 1.165) is 12.1 Å². The summed E-state index contributed by atoms with van der Waals surface area (Å²) in [5.41, 5.74) is -0.319. The third-order valence-corrected chi connectivity index (χ3v) is 2.88. The van der Waals surface area contributed by atoms with Gasteiger partial charge in [0.2, 0.25) is 11.8 Å². The SMILES string of the molecule is COc1cc(F)c([C@H]2CCC(=O)NC2=O)c(F)c1. The average Bonchev–Trinajstić information content (AvgIpc) is 2.30. The first-order valence-electron chi connectivity index (χ1n) is 5.39. The molecule has 0 aromatic heterocycles. The van der Waals surface area contributed by atoms with E-state index in [0.29, 0.717) is 0 Å². The zero-order valence-electron chi connectivity index (χ0n) is 9.63. The number of carbonyl (C=O) groups excluding carboxylic acids is 2. The van der Waals surface area contributed by atoms with Crippen molar-refractivity contribution in [3.05, 3.63) is 29.3 Å². The van der Waals surface area contributed by atoms with Crippen LogP contribution in [0.1, 0.15) is 24.3 Å². The second-order valence-electron chi connectivity index (χ2n) is 4.01. The molecule has 18 heavy (non-hydrogen) atoms. The van der Waals surface area contributed by atoms with Crippen LogP contribution in [-0.2, 0) is 9.59 Å². The molecule has 1 aliphatic rings. The predicted octanol–water partition coefficient (Wildman–Crippen LogP) is 1.49. The Bertz CT molecular complexity index is 493. The summed E-state index contributed by atoms with van der Waals surface area (Å²) in [5.74, 6) is -3.72. The Morgan fingerprint density at radius 2 is 1.89 bits per heavy atom. The van der Waals surface area contributed by atoms with Crippen LogP contribution >= 0.6 is 0 Å². The summed E-state index contributed by atoms with van der Waals surface area (Å²) in [6.45, 7) is 0. The lowest BCUT2D eigenvalue weighted by molar-refractivity contribution is -0.134. The molecule has 0 saturated carbocycles. The molecular formula is C12H11F2NO3. The number of amides is 2. The number of methoxy groups -OCH3 is 1. The van der Waals surface area contributed by atoms with Crippen molar-refractivity contribution in [2.24, 2.45) is 0 Å². The minimum absolute atomic E-state index is 0.0426. The summed E-state index contributed by atoms with van der Waals surface area (Å²) in [6, 6.07) is 2.03. The third kappa shape index (κ3) is 2.18. The predicted molar refractivity (Wildman–Crippen MR) is 58.0 cm³/mol. The van der Waals surface area contributed by atoms with Crippen LogP contribution in [0.15, 0.2) is 12.1 Å². The number of imide groups is 1. The molecule has 1 aromatic rings. The summed E-state index contributed by atoms with van der Waals surface area (Å²) in [6.07, 6.45) is 0.173. The first-order chi connectivity index (χ1) is 8.52. The molecule has 1 fully saturated rings. The Labute approximate surface area is 102 Å². The Morgan fingerprint density at radius 1 is 1.28 bits per heavy atom. The lowest BCUT2D eigenvalue weighted by Crippen LogP contribution is -2.40. The van der Waals surface area contributed by atoms with Gasteiger partial charge in [-0.05, 0) is 6.42 Å². The van der Waals surface area contributed by atoms with Crippen LogP contribution in [0.5, 0.6) is 5.75 Å². The molecule has 0 aliphatic carbocycles. The van der Waals surface area contributed by atoms with Crippen LogP contribution in [0.4, 0.5) is 8.78 Å². The zero-order valence-corrected chi connectivity index (χ0v) is 9.63. The molecule has 6 heteroatoms. The van der Waals surface area contributed by atoms with E-state index in [9.17, 15) is 18.4 Å². The van der Waals surface area contributed by atoms with E-state index < -0.39 is 29.4 Å². The van der Waals surface area contributed by atoms with Gasteiger partial charge in [-0.15, -0.1) is 0 Å². The standard InChI is InChI=1S/C12H11F2NO3/c1-18-6-4-8(13)11(9(14)5-6)7-2-3-10(16)15-12(7)17/h4-5,7H,2-3H2,1H3,(H,15,16,17)/t7-/m1/s1. The fraction of sp³-hybridized carbons (Fsp3) is 0.333. The van der Waals surface area contributed by atoms with Gasteiger partial charge in [-0.25, -0.2) is 8.78 Å². The molecule has 0 bridgehead atoms. The smallest absolute Gasteiger partial charge is 0.234 e. The molecule has 1 saturated heterocycles. The Kier molecular flexibility index (Phi) is 3.27. The summed E-state index contributed by atoms with van der Waals surface area (Å²) >= 11 is 0. The highest BCUT2D eigenvalue weighted by Gasteiger charge is 2.32. The number of piperidine rings is 1. The summed E-state index contributed by atoms with van der Waals surface area (Å²) in [4.78, 5) is 22.5. The average molecular weight is 255 g/mol. The Hall–Kier alpha value is -1.98. The Morgan fingerprint density at radius 3 is 2.39 bits per heavy atom. The molecular weight excluding hydrogens is 244 g/mol. The minimum atomic E-state index is -0.978. The number of hydrogen-bond acceptors (Lipinski definition) is 3. The van der Waals surface area contributed by atoms with Crippen LogP contribution in [0.3, 0.4) is 0 Å². The largest absolute Gasteiger partial charge is 0.497 e. The van der Waals surface area contributed by atoms with E-state index in [1.165, 1.54) is 7.11 Å². The topological polar surface area (TPSA) is 55.4 Å². The van der Waals surface area contributed by atoms with Crippen molar-refractivity contribution in [3.63, 3.8) is 0 Å². The van der Waals surface area contributed by atoms with Gasteiger partial charge in [0.15, 0.2) is 0 Å². The molecule has 1 atom stereocenters. The number of nitrogens with one attached hydrogen (secondary N) is 1. The van der Waals surface area contributed by atoms with E-state index in [1.807, 2.05) is 0 Å². The molecule has 0 radical (unpaired) electrons. The van der Waals surface area contributed by atoms with E-state index >= 15 is 0 Å². The Balaban J connectivity index is 2.39. The number of ether oxygens (including phenoxy) is 1.